The first kappa shape index (κ1) is 26.5. The molecule has 38 heavy (non-hydrogen) atoms. The monoisotopic (exact) mass is 539 g/mol. The molecule has 1 N–H and O–H groups in total. The van der Waals surface area contributed by atoms with Crippen LogP contribution >= 0.6 is 0 Å². The number of nitrogens with zero attached hydrogens (tertiary/aromatic N) is 1. The fourth-order valence-corrected chi connectivity index (χ4v) is 7.99. The van der Waals surface area contributed by atoms with Crippen molar-refractivity contribution >= 4 is 15.7 Å². The summed E-state index contributed by atoms with van der Waals surface area (Å²) in [6.07, 6.45) is 2.92. The van der Waals surface area contributed by atoms with Gasteiger partial charge in [-0.05, 0) is 79.5 Å². The van der Waals surface area contributed by atoms with Gasteiger partial charge in [0.15, 0.2) is 9.84 Å². The van der Waals surface area contributed by atoms with Crippen LogP contribution in [-0.4, -0.2) is 44.0 Å². The van der Waals surface area contributed by atoms with E-state index in [1.165, 1.54) is 18.2 Å². The molecule has 1 heterocycles. The van der Waals surface area contributed by atoms with Crippen LogP contribution in [-0.2, 0) is 19.4 Å². The van der Waals surface area contributed by atoms with Crippen molar-refractivity contribution in [2.24, 2.45) is 11.8 Å². The smallest absolute Gasteiger partial charge is 0.225 e. The van der Waals surface area contributed by atoms with Gasteiger partial charge in [0.1, 0.15) is 16.4 Å². The van der Waals surface area contributed by atoms with Gasteiger partial charge in [0.05, 0.1) is 4.90 Å². The number of hydrogen-bond acceptors (Lipinski definition) is 4. The van der Waals surface area contributed by atoms with E-state index >= 15 is 4.39 Å². The van der Waals surface area contributed by atoms with E-state index in [1.807, 2.05) is 6.07 Å². The first-order chi connectivity index (χ1) is 18.2. The molecule has 0 radical (unpaired) electrons. The number of hydrogen-bond donors (Lipinski definition) is 1. The van der Waals surface area contributed by atoms with Gasteiger partial charge in [-0.3, -0.25) is 4.79 Å². The number of carbonyl (C=O) groups is 1. The summed E-state index contributed by atoms with van der Waals surface area (Å²) in [6.45, 7) is 0.227. The van der Waals surface area contributed by atoms with Gasteiger partial charge in [-0.1, -0.05) is 42.5 Å². The van der Waals surface area contributed by atoms with Gasteiger partial charge in [0, 0.05) is 31.2 Å². The van der Waals surface area contributed by atoms with Gasteiger partial charge >= 0.3 is 0 Å². The summed E-state index contributed by atoms with van der Waals surface area (Å²) in [5.74, 6) is -1.23. The average Bonchev–Trinajstić information content (AvgIpc) is 3.41. The highest BCUT2D eigenvalue weighted by atomic mass is 32.2. The van der Waals surface area contributed by atoms with E-state index in [9.17, 15) is 22.7 Å². The van der Waals surface area contributed by atoms with Crippen molar-refractivity contribution < 1.29 is 27.1 Å². The van der Waals surface area contributed by atoms with Crippen molar-refractivity contribution in [3.05, 3.63) is 90.0 Å². The zero-order chi connectivity index (χ0) is 26.9. The molecule has 0 bridgehead atoms. The fourth-order valence-electron chi connectivity index (χ4n) is 5.92. The van der Waals surface area contributed by atoms with E-state index in [0.717, 1.165) is 25.0 Å². The second-order valence-corrected chi connectivity index (χ2v) is 12.7. The normalized spacial score (nSPS) is 23.9. The molecule has 5 rings (SSSR count). The largest absolute Gasteiger partial charge is 0.396 e. The molecule has 1 atom stereocenters. The lowest BCUT2D eigenvalue weighted by atomic mass is 9.82. The highest BCUT2D eigenvalue weighted by molar-refractivity contribution is 7.92. The van der Waals surface area contributed by atoms with Crippen molar-refractivity contribution in [3.63, 3.8) is 0 Å². The Hall–Kier alpha value is -3.10. The Labute approximate surface area is 222 Å². The Bertz CT molecular complexity index is 1400. The van der Waals surface area contributed by atoms with Crippen LogP contribution in [0, 0.1) is 23.5 Å². The van der Waals surface area contributed by atoms with Crippen molar-refractivity contribution in [1.29, 1.82) is 0 Å². The van der Waals surface area contributed by atoms with Crippen LogP contribution in [0.3, 0.4) is 0 Å². The van der Waals surface area contributed by atoms with E-state index in [1.54, 1.807) is 41.3 Å². The lowest BCUT2D eigenvalue weighted by Crippen LogP contribution is -2.42. The average molecular weight is 540 g/mol. The molecular formula is C30H31F2NO4S. The maximum absolute atomic E-state index is 15.5. The van der Waals surface area contributed by atoms with Crippen LogP contribution in [0.5, 0.6) is 0 Å². The van der Waals surface area contributed by atoms with E-state index < -0.39 is 26.2 Å². The number of amides is 1. The Morgan fingerprint density at radius 1 is 0.947 bits per heavy atom. The fraction of sp³-hybridized carbons (Fsp3) is 0.367. The number of halogens is 2. The number of benzene rings is 3. The number of aliphatic hydroxyl groups excluding tert-OH is 1. The molecule has 1 saturated heterocycles. The molecule has 0 spiro atoms. The summed E-state index contributed by atoms with van der Waals surface area (Å²) >= 11 is 0. The van der Waals surface area contributed by atoms with Gasteiger partial charge in [-0.15, -0.1) is 0 Å². The zero-order valence-electron chi connectivity index (χ0n) is 21.0. The van der Waals surface area contributed by atoms with Gasteiger partial charge in [0.2, 0.25) is 5.91 Å². The predicted molar refractivity (Wildman–Crippen MR) is 141 cm³/mol. The molecule has 1 aliphatic heterocycles. The summed E-state index contributed by atoms with van der Waals surface area (Å²) in [5.41, 5.74) is 1.31. The van der Waals surface area contributed by atoms with Crippen LogP contribution < -0.4 is 0 Å². The molecule has 3 aromatic rings. The first-order valence-corrected chi connectivity index (χ1v) is 14.5. The summed E-state index contributed by atoms with van der Waals surface area (Å²) in [7, 11) is -4.13. The van der Waals surface area contributed by atoms with Gasteiger partial charge in [0.25, 0.3) is 0 Å². The SMILES string of the molecule is O=C([C@H]1CC[C@H](CO)CC1)N1CC[C@](c2ccc(-c3ccccc3)c(F)c2)(S(=O)(=O)c2ccc(F)cc2)C1. The standard InChI is InChI=1S/C30H31F2NO4S/c31-25-11-13-26(14-12-25)38(36,37)30(24-10-15-27(28(32)18-24)22-4-2-1-3-5-22)16-17-33(20-30)29(35)23-8-6-21(19-34)7-9-23/h1-5,10-15,18,21,23,34H,6-9,16-17,19-20H2/t21-,23-,30-/m0/s1. The summed E-state index contributed by atoms with van der Waals surface area (Å²) in [4.78, 5) is 15.0. The van der Waals surface area contributed by atoms with Crippen molar-refractivity contribution in [3.8, 4) is 11.1 Å². The van der Waals surface area contributed by atoms with E-state index in [0.29, 0.717) is 24.0 Å². The molecule has 200 valence electrons. The Morgan fingerprint density at radius 2 is 1.63 bits per heavy atom. The van der Waals surface area contributed by atoms with E-state index in [2.05, 4.69) is 0 Å². The number of likely N-dealkylation sites (tertiary alicyclic amines) is 1. The minimum absolute atomic E-state index is 0.0656. The van der Waals surface area contributed by atoms with Crippen LogP contribution in [0.15, 0.2) is 77.7 Å². The molecular weight excluding hydrogens is 508 g/mol. The molecule has 1 aliphatic carbocycles. The Morgan fingerprint density at radius 3 is 2.26 bits per heavy atom. The number of aliphatic hydroxyl groups is 1. The van der Waals surface area contributed by atoms with Gasteiger partial charge in [-0.2, -0.15) is 0 Å². The summed E-state index contributed by atoms with van der Waals surface area (Å²) in [5, 5.41) is 9.44. The van der Waals surface area contributed by atoms with E-state index in [-0.39, 0.29) is 54.3 Å². The number of carbonyl (C=O) groups excluding carboxylic acids is 1. The molecule has 2 aliphatic rings. The third kappa shape index (κ3) is 4.76. The first-order valence-electron chi connectivity index (χ1n) is 13.0. The molecule has 1 saturated carbocycles. The Kier molecular flexibility index (Phi) is 7.38. The summed E-state index contributed by atoms with van der Waals surface area (Å²) < 4.78 is 55.8. The molecule has 0 unspecified atom stereocenters. The molecule has 3 aromatic carbocycles. The topological polar surface area (TPSA) is 74.7 Å². The highest BCUT2D eigenvalue weighted by Crippen LogP contribution is 2.45. The van der Waals surface area contributed by atoms with Crippen molar-refractivity contribution in [2.75, 3.05) is 19.7 Å². The Balaban J connectivity index is 1.52. The second kappa shape index (κ2) is 10.6. The number of rotatable bonds is 6. The van der Waals surface area contributed by atoms with Crippen LogP contribution in [0.25, 0.3) is 11.1 Å². The third-order valence-corrected chi connectivity index (χ3v) is 10.7. The third-order valence-electron chi connectivity index (χ3n) is 8.22. The van der Waals surface area contributed by atoms with Crippen molar-refractivity contribution in [1.82, 2.24) is 4.90 Å². The predicted octanol–water partition coefficient (Wildman–Crippen LogP) is 5.33. The quantitative estimate of drug-likeness (QED) is 0.430. The summed E-state index contributed by atoms with van der Waals surface area (Å²) in [6, 6.07) is 18.1. The van der Waals surface area contributed by atoms with Crippen molar-refractivity contribution in [2.45, 2.75) is 41.7 Å². The lowest BCUT2D eigenvalue weighted by molar-refractivity contribution is -0.136. The molecule has 0 aromatic heterocycles. The minimum atomic E-state index is -4.13. The maximum atomic E-state index is 15.5. The van der Waals surface area contributed by atoms with Crippen LogP contribution in [0.2, 0.25) is 0 Å². The molecule has 5 nitrogen and oxygen atoms in total. The zero-order valence-corrected chi connectivity index (χ0v) is 21.8. The van der Waals surface area contributed by atoms with Gasteiger partial charge in [-0.25, -0.2) is 17.2 Å². The lowest BCUT2D eigenvalue weighted by Gasteiger charge is -2.32. The van der Waals surface area contributed by atoms with Gasteiger partial charge < -0.3 is 10.0 Å². The van der Waals surface area contributed by atoms with E-state index in [4.69, 9.17) is 0 Å². The molecule has 2 fully saturated rings. The highest BCUT2D eigenvalue weighted by Gasteiger charge is 2.53. The minimum Gasteiger partial charge on any atom is -0.396 e. The van der Waals surface area contributed by atoms with Crippen LogP contribution in [0.1, 0.15) is 37.7 Å². The molecule has 8 heteroatoms. The molecule has 1 amide bonds. The maximum Gasteiger partial charge on any atom is 0.225 e. The van der Waals surface area contributed by atoms with Crippen LogP contribution in [0.4, 0.5) is 8.78 Å². The number of sulfone groups is 1. The second-order valence-electron chi connectivity index (χ2n) is 10.4.